The molecule has 0 aliphatic rings. The van der Waals surface area contributed by atoms with Crippen molar-refractivity contribution in [2.75, 3.05) is 0 Å². The Bertz CT molecular complexity index is 369. The summed E-state index contributed by atoms with van der Waals surface area (Å²) in [6, 6.07) is 9.99. The average Bonchev–Trinajstić information content (AvgIpc) is 2.67. The van der Waals surface area contributed by atoms with Gasteiger partial charge in [-0.25, -0.2) is 0 Å². The molecule has 0 amide bonds. The van der Waals surface area contributed by atoms with Crippen LogP contribution in [0.25, 0.3) is 0 Å². The van der Waals surface area contributed by atoms with Crippen LogP contribution in [0.15, 0.2) is 24.3 Å². The molecule has 1 rings (SSSR count). The van der Waals surface area contributed by atoms with Crippen molar-refractivity contribution in [3.8, 4) is 0 Å². The minimum atomic E-state index is -0.888. The van der Waals surface area contributed by atoms with Crippen LogP contribution in [0.4, 0.5) is 0 Å². The summed E-state index contributed by atoms with van der Waals surface area (Å²) >= 11 is -1.78. The fourth-order valence-corrected chi connectivity index (χ4v) is 17.6. The molecule has 1 aromatic rings. The molecule has 0 nitrogen and oxygen atoms in total. The molecule has 0 fully saturated rings. The van der Waals surface area contributed by atoms with Crippen molar-refractivity contribution in [2.45, 2.75) is 106 Å². The maximum atomic E-state index is 2.50. The van der Waals surface area contributed by atoms with Gasteiger partial charge >= 0.3 is 180 Å². The molecular formula is C24H44Te2+2. The average molecular weight is 588 g/mol. The van der Waals surface area contributed by atoms with E-state index in [4.69, 9.17) is 0 Å². The molecule has 0 bridgehead atoms. The molecule has 0 saturated heterocycles. The maximum absolute atomic E-state index is 2.50. The number of rotatable bonds is 16. The van der Waals surface area contributed by atoms with Crippen LogP contribution in [0.1, 0.15) is 90.2 Å². The van der Waals surface area contributed by atoms with E-state index in [-0.39, 0.29) is 0 Å². The molecule has 0 aromatic heterocycles. The first-order chi connectivity index (χ1) is 12.7. The normalized spacial score (nSPS) is 11.6. The third kappa shape index (κ3) is 11.6. The zero-order valence-corrected chi connectivity index (χ0v) is 22.7. The Hall–Kier alpha value is 0.799. The minimum absolute atomic E-state index is 0.888. The molecule has 0 aliphatic heterocycles. The summed E-state index contributed by atoms with van der Waals surface area (Å²) in [4.78, 5) is 0. The summed E-state index contributed by atoms with van der Waals surface area (Å²) in [6.07, 6.45) is 11.4. The third-order valence-corrected chi connectivity index (χ3v) is 19.0. The van der Waals surface area contributed by atoms with E-state index < -0.39 is 39.1 Å². The van der Waals surface area contributed by atoms with Crippen molar-refractivity contribution < 1.29 is 0 Å². The van der Waals surface area contributed by atoms with Gasteiger partial charge in [-0.3, -0.25) is 0 Å². The molecule has 0 saturated carbocycles. The second kappa shape index (κ2) is 16.7. The van der Waals surface area contributed by atoms with Gasteiger partial charge in [-0.05, 0) is 0 Å². The van der Waals surface area contributed by atoms with Gasteiger partial charge in [-0.1, -0.05) is 0 Å². The van der Waals surface area contributed by atoms with Crippen molar-refractivity contribution in [3.05, 3.63) is 35.4 Å². The standard InChI is InChI=1S/C24H44Te2/c1-5-9-17-25(18-10-6-2)21-23-13-15-24(16-14-23)22-26(19-11-7-3)20-12-8-4/h13-16H,5-12,17-22H2,1-4H3/q+2. The van der Waals surface area contributed by atoms with E-state index in [9.17, 15) is 0 Å². The summed E-state index contributed by atoms with van der Waals surface area (Å²) < 4.78 is 9.30. The van der Waals surface area contributed by atoms with Crippen LogP contribution in [-0.2, 0) is 8.94 Å². The third-order valence-electron chi connectivity index (χ3n) is 4.91. The number of unbranched alkanes of at least 4 members (excludes halogenated alkanes) is 4. The van der Waals surface area contributed by atoms with Crippen molar-refractivity contribution in [3.63, 3.8) is 0 Å². The Kier molecular flexibility index (Phi) is 16.0. The van der Waals surface area contributed by atoms with Crippen LogP contribution >= 0.6 is 0 Å². The molecule has 0 atom stereocenters. The second-order valence-electron chi connectivity index (χ2n) is 7.56. The molecule has 1 aromatic carbocycles. The first kappa shape index (κ1) is 24.8. The summed E-state index contributed by atoms with van der Waals surface area (Å²) in [5.41, 5.74) is 3.31. The van der Waals surface area contributed by atoms with Gasteiger partial charge in [0, 0.05) is 0 Å². The van der Waals surface area contributed by atoms with Crippen molar-refractivity contribution in [2.24, 2.45) is 0 Å². The van der Waals surface area contributed by atoms with Crippen LogP contribution in [0.2, 0.25) is 17.9 Å². The molecule has 0 radical (unpaired) electrons. The summed E-state index contributed by atoms with van der Waals surface area (Å²) in [5.74, 6) is 0. The molecule has 150 valence electrons. The summed E-state index contributed by atoms with van der Waals surface area (Å²) in [5, 5.41) is 0. The van der Waals surface area contributed by atoms with Gasteiger partial charge in [-0.2, -0.15) is 0 Å². The van der Waals surface area contributed by atoms with E-state index in [0.717, 1.165) is 0 Å². The van der Waals surface area contributed by atoms with Crippen molar-refractivity contribution >= 4 is 39.1 Å². The van der Waals surface area contributed by atoms with E-state index in [2.05, 4.69) is 52.0 Å². The SMILES string of the molecule is CCCC[Te+](CCCC)Cc1ccc(C[Te+](CCCC)CCCC)cc1. The van der Waals surface area contributed by atoms with E-state index in [1.165, 1.54) is 60.3 Å². The van der Waals surface area contributed by atoms with Crippen LogP contribution < -0.4 is 0 Å². The van der Waals surface area contributed by atoms with Crippen molar-refractivity contribution in [1.82, 2.24) is 0 Å². The molecule has 0 unspecified atom stereocenters. The van der Waals surface area contributed by atoms with Gasteiger partial charge in [0.1, 0.15) is 0 Å². The van der Waals surface area contributed by atoms with E-state index >= 15 is 0 Å². The predicted octanol–water partition coefficient (Wildman–Crippen LogP) is 8.04. The van der Waals surface area contributed by atoms with Gasteiger partial charge in [-0.15, -0.1) is 0 Å². The predicted molar refractivity (Wildman–Crippen MR) is 124 cm³/mol. The van der Waals surface area contributed by atoms with Crippen molar-refractivity contribution in [1.29, 1.82) is 0 Å². The fraction of sp³-hybridized carbons (Fsp3) is 0.750. The van der Waals surface area contributed by atoms with E-state index in [1.54, 1.807) is 29.0 Å². The van der Waals surface area contributed by atoms with Gasteiger partial charge in [0.25, 0.3) is 0 Å². The number of hydrogen-bond acceptors (Lipinski definition) is 0. The second-order valence-corrected chi connectivity index (χ2v) is 20.9. The summed E-state index contributed by atoms with van der Waals surface area (Å²) in [7, 11) is 0. The Balaban J connectivity index is 2.58. The van der Waals surface area contributed by atoms with Crippen LogP contribution in [0.5, 0.6) is 0 Å². The first-order valence-electron chi connectivity index (χ1n) is 11.1. The first-order valence-corrected chi connectivity index (χ1v) is 21.0. The monoisotopic (exact) mass is 592 g/mol. The van der Waals surface area contributed by atoms with Gasteiger partial charge in [0.15, 0.2) is 0 Å². The molecule has 26 heavy (non-hydrogen) atoms. The zero-order chi connectivity index (χ0) is 19.0. The van der Waals surface area contributed by atoms with Gasteiger partial charge < -0.3 is 0 Å². The van der Waals surface area contributed by atoms with Crippen LogP contribution in [-0.4, -0.2) is 39.1 Å². The fourth-order valence-electron chi connectivity index (χ4n) is 3.09. The van der Waals surface area contributed by atoms with E-state index in [1.807, 2.05) is 0 Å². The molecule has 0 N–H and O–H groups in total. The zero-order valence-electron chi connectivity index (χ0n) is 18.0. The van der Waals surface area contributed by atoms with Gasteiger partial charge in [0.2, 0.25) is 0 Å². The number of benzene rings is 1. The summed E-state index contributed by atoms with van der Waals surface area (Å²) in [6.45, 7) is 9.40. The van der Waals surface area contributed by atoms with Crippen LogP contribution in [0.3, 0.4) is 0 Å². The molecular weight excluding hydrogens is 543 g/mol. The van der Waals surface area contributed by atoms with E-state index in [0.29, 0.717) is 0 Å². The Labute approximate surface area is 179 Å². The van der Waals surface area contributed by atoms with Crippen LogP contribution in [0, 0.1) is 0 Å². The molecule has 0 heterocycles. The molecule has 2 heteroatoms. The molecule has 0 spiro atoms. The Morgan fingerprint density at radius 3 is 1.00 bits per heavy atom. The Morgan fingerprint density at radius 2 is 0.769 bits per heavy atom. The molecule has 0 aliphatic carbocycles. The van der Waals surface area contributed by atoms with Gasteiger partial charge in [0.05, 0.1) is 0 Å². The Morgan fingerprint density at radius 1 is 0.500 bits per heavy atom. The topological polar surface area (TPSA) is 0 Å². The number of hydrogen-bond donors (Lipinski definition) is 0. The quantitative estimate of drug-likeness (QED) is 0.172.